The van der Waals surface area contributed by atoms with Gasteiger partial charge in [0.25, 0.3) is 0 Å². The van der Waals surface area contributed by atoms with Gasteiger partial charge in [0, 0.05) is 6.42 Å². The zero-order valence-electron chi connectivity index (χ0n) is 20.6. The molecule has 0 spiro atoms. The van der Waals surface area contributed by atoms with E-state index in [1.165, 1.54) is 5.57 Å². The van der Waals surface area contributed by atoms with Gasteiger partial charge in [0.2, 0.25) is 0 Å². The van der Waals surface area contributed by atoms with E-state index in [2.05, 4.69) is 19.1 Å². The van der Waals surface area contributed by atoms with Crippen LogP contribution in [0.1, 0.15) is 97.3 Å². The summed E-state index contributed by atoms with van der Waals surface area (Å²) in [5, 5.41) is 30.5. The first-order valence-corrected chi connectivity index (χ1v) is 13.3. The van der Waals surface area contributed by atoms with Gasteiger partial charge in [-0.05, 0) is 81.5 Å². The summed E-state index contributed by atoms with van der Waals surface area (Å²) in [6, 6.07) is 0. The van der Waals surface area contributed by atoms with Gasteiger partial charge >= 0.3 is 5.97 Å². The average Bonchev–Trinajstić information content (AvgIpc) is 3.34. The molecule has 4 fully saturated rings. The van der Waals surface area contributed by atoms with Crippen molar-refractivity contribution in [3.63, 3.8) is 0 Å². The van der Waals surface area contributed by atoms with Crippen LogP contribution in [0.2, 0.25) is 0 Å². The molecule has 0 radical (unpaired) electrons. The highest BCUT2D eigenvalue weighted by Crippen LogP contribution is 2.59. The fraction of sp³-hybridized carbons (Fsp3) is 0.821. The van der Waals surface area contributed by atoms with Crippen molar-refractivity contribution in [1.29, 1.82) is 0 Å². The Hall–Kier alpha value is -1.17. The predicted octanol–water partition coefficient (Wildman–Crippen LogP) is 4.84. The third kappa shape index (κ3) is 5.57. The van der Waals surface area contributed by atoms with E-state index in [0.29, 0.717) is 44.1 Å². The van der Waals surface area contributed by atoms with Crippen LogP contribution in [0.5, 0.6) is 0 Å². The monoisotopic (exact) mass is 460 g/mol. The summed E-state index contributed by atoms with van der Waals surface area (Å²) >= 11 is 0. The maximum absolute atomic E-state index is 12.9. The highest BCUT2D eigenvalue weighted by molar-refractivity contribution is 5.72. The first-order valence-electron chi connectivity index (χ1n) is 13.3. The van der Waals surface area contributed by atoms with Gasteiger partial charge in [-0.2, -0.15) is 0 Å². The number of aliphatic hydroxyl groups is 3. The minimum atomic E-state index is -0.629. The molecule has 5 heteroatoms. The van der Waals surface area contributed by atoms with Gasteiger partial charge in [0.1, 0.15) is 0 Å². The molecule has 0 bridgehead atoms. The number of ether oxygens (including phenoxy) is 1. The van der Waals surface area contributed by atoms with E-state index >= 15 is 0 Å². The molecule has 0 aromatic rings. The lowest BCUT2D eigenvalue weighted by atomic mass is 9.61. The quantitative estimate of drug-likeness (QED) is 0.494. The molecule has 4 aliphatic rings. The van der Waals surface area contributed by atoms with E-state index in [4.69, 9.17) is 4.74 Å². The molecule has 4 aliphatic carbocycles. The zero-order valence-corrected chi connectivity index (χ0v) is 20.6. The number of hydrogen-bond donors (Lipinski definition) is 3. The number of carbonyl (C=O) groups excluding carboxylic acids is 1. The van der Waals surface area contributed by atoms with Crippen LogP contribution in [0.25, 0.3) is 0 Å². The van der Waals surface area contributed by atoms with Gasteiger partial charge in [0.05, 0.1) is 30.3 Å². The van der Waals surface area contributed by atoms with Crippen molar-refractivity contribution in [1.82, 2.24) is 0 Å². The smallest absolute Gasteiger partial charge is 0.308 e. The van der Waals surface area contributed by atoms with Gasteiger partial charge in [-0.3, -0.25) is 4.79 Å². The van der Waals surface area contributed by atoms with E-state index in [1.807, 2.05) is 6.92 Å². The van der Waals surface area contributed by atoms with E-state index in [-0.39, 0.29) is 17.3 Å². The maximum atomic E-state index is 12.9. The van der Waals surface area contributed by atoms with Crippen LogP contribution in [0.4, 0.5) is 0 Å². The summed E-state index contributed by atoms with van der Waals surface area (Å²) in [5.41, 5.74) is 2.08. The van der Waals surface area contributed by atoms with E-state index in [0.717, 1.165) is 63.4 Å². The van der Waals surface area contributed by atoms with Crippen molar-refractivity contribution in [3.05, 3.63) is 23.3 Å². The van der Waals surface area contributed by atoms with Crippen LogP contribution in [-0.4, -0.2) is 45.7 Å². The van der Waals surface area contributed by atoms with Crippen LogP contribution in [-0.2, 0) is 9.53 Å². The Morgan fingerprint density at radius 3 is 2.48 bits per heavy atom. The average molecular weight is 461 g/mol. The molecule has 0 unspecified atom stereocenters. The van der Waals surface area contributed by atoms with E-state index in [1.54, 1.807) is 0 Å². The summed E-state index contributed by atoms with van der Waals surface area (Å²) in [5.74, 6) is 0.576. The largest absolute Gasteiger partial charge is 0.465 e. The molecule has 33 heavy (non-hydrogen) atoms. The van der Waals surface area contributed by atoms with Gasteiger partial charge in [0.15, 0.2) is 0 Å². The Bertz CT molecular complexity index is 752. The predicted molar refractivity (Wildman–Crippen MR) is 128 cm³/mol. The number of fused-ring (bicyclic) bond motifs is 1. The molecule has 4 rings (SSSR count). The molecule has 3 N–H and O–H groups in total. The molecular formula is C28H44O5. The number of hydrogen-bond acceptors (Lipinski definition) is 5. The van der Waals surface area contributed by atoms with Crippen LogP contribution in [0.15, 0.2) is 23.3 Å². The molecular weight excluding hydrogens is 416 g/mol. The highest BCUT2D eigenvalue weighted by atomic mass is 16.5. The Balaban J connectivity index is 1.38. The Morgan fingerprint density at radius 1 is 1.09 bits per heavy atom. The molecule has 0 amide bonds. The minimum absolute atomic E-state index is 0.105. The van der Waals surface area contributed by atoms with E-state index < -0.39 is 17.8 Å². The Morgan fingerprint density at radius 2 is 1.79 bits per heavy atom. The summed E-state index contributed by atoms with van der Waals surface area (Å²) in [7, 11) is 0. The Labute approximate surface area is 199 Å². The second-order valence-corrected chi connectivity index (χ2v) is 11.8. The standard InChI is InChI=1S/C28H44O5/c1-19(26(31)33-15-14-28(32)12-3-4-13-28)24-9-10-25-21(6-5-11-27(24,25)2)8-7-20-16-22(29)18-23(30)17-20/h7-8,19,22-25,29-30,32H,3-6,9-18H2,1-2H3/b21-8+/t19-,22+,23+,24+,25-,27+/m0/s1. The SMILES string of the molecule is C[C@H](C(=O)OCCC1(O)CCCC1)[C@H]1CC[C@H]2/C(=C/C=C3C[C@@H](O)C[C@H](O)C3)CCC[C@]12C. The summed E-state index contributed by atoms with van der Waals surface area (Å²) < 4.78 is 5.67. The highest BCUT2D eigenvalue weighted by Gasteiger charge is 2.52. The topological polar surface area (TPSA) is 87.0 Å². The molecule has 6 atom stereocenters. The first-order chi connectivity index (χ1) is 15.7. The second kappa shape index (κ2) is 10.2. The molecule has 0 heterocycles. The van der Waals surface area contributed by atoms with Gasteiger partial charge in [-0.1, -0.05) is 50.0 Å². The van der Waals surface area contributed by atoms with Crippen molar-refractivity contribution in [3.8, 4) is 0 Å². The molecule has 4 saturated carbocycles. The van der Waals surface area contributed by atoms with Crippen molar-refractivity contribution >= 4 is 5.97 Å². The zero-order chi connectivity index (χ0) is 23.6. The van der Waals surface area contributed by atoms with Crippen molar-refractivity contribution in [2.75, 3.05) is 6.61 Å². The number of rotatable bonds is 6. The van der Waals surface area contributed by atoms with E-state index in [9.17, 15) is 20.1 Å². The third-order valence-corrected chi connectivity index (χ3v) is 9.43. The summed E-state index contributed by atoms with van der Waals surface area (Å²) in [6.45, 7) is 4.73. The second-order valence-electron chi connectivity index (χ2n) is 11.8. The van der Waals surface area contributed by atoms with Crippen LogP contribution < -0.4 is 0 Å². The summed E-state index contributed by atoms with van der Waals surface area (Å²) in [4.78, 5) is 12.9. The van der Waals surface area contributed by atoms with Crippen molar-refractivity contribution < 1.29 is 24.9 Å². The number of aliphatic hydroxyl groups excluding tert-OH is 2. The minimum Gasteiger partial charge on any atom is -0.465 e. The summed E-state index contributed by atoms with van der Waals surface area (Å²) in [6.07, 6.45) is 15.2. The normalized spacial score (nSPS) is 38.2. The molecule has 186 valence electrons. The molecule has 0 saturated heterocycles. The van der Waals surface area contributed by atoms with Crippen LogP contribution in [0, 0.1) is 23.2 Å². The fourth-order valence-corrected chi connectivity index (χ4v) is 7.55. The first kappa shape index (κ1) is 24.9. The van der Waals surface area contributed by atoms with Gasteiger partial charge in [-0.15, -0.1) is 0 Å². The lowest BCUT2D eigenvalue weighted by Crippen LogP contribution is -2.38. The molecule has 0 aliphatic heterocycles. The fourth-order valence-electron chi connectivity index (χ4n) is 7.55. The third-order valence-electron chi connectivity index (χ3n) is 9.43. The van der Waals surface area contributed by atoms with Crippen LogP contribution >= 0.6 is 0 Å². The Kier molecular flexibility index (Phi) is 7.72. The number of esters is 1. The number of carbonyl (C=O) groups is 1. The molecule has 0 aromatic heterocycles. The van der Waals surface area contributed by atoms with Crippen LogP contribution in [0.3, 0.4) is 0 Å². The van der Waals surface area contributed by atoms with Gasteiger partial charge < -0.3 is 20.1 Å². The lowest BCUT2D eigenvalue weighted by molar-refractivity contribution is -0.153. The molecule has 0 aromatic carbocycles. The van der Waals surface area contributed by atoms with Crippen molar-refractivity contribution in [2.45, 2.75) is 115 Å². The van der Waals surface area contributed by atoms with Crippen molar-refractivity contribution in [2.24, 2.45) is 23.2 Å². The lowest BCUT2D eigenvalue weighted by Gasteiger charge is -2.43. The number of allylic oxidation sites excluding steroid dienone is 3. The maximum Gasteiger partial charge on any atom is 0.308 e. The molecule has 5 nitrogen and oxygen atoms in total. The van der Waals surface area contributed by atoms with Gasteiger partial charge in [-0.25, -0.2) is 0 Å².